The van der Waals surface area contributed by atoms with Crippen LogP contribution in [0.2, 0.25) is 5.02 Å². The minimum Gasteiger partial charge on any atom is -0.439 e. The molecule has 0 bridgehead atoms. The van der Waals surface area contributed by atoms with Crippen LogP contribution in [0.3, 0.4) is 0 Å². The lowest BCUT2D eigenvalue weighted by Gasteiger charge is -2.15. The van der Waals surface area contributed by atoms with Gasteiger partial charge in [-0.15, -0.1) is 0 Å². The molecule has 0 atom stereocenters. The van der Waals surface area contributed by atoms with Crippen LogP contribution in [0, 0.1) is 0 Å². The molecule has 0 saturated carbocycles. The van der Waals surface area contributed by atoms with Crippen LogP contribution >= 0.6 is 11.6 Å². The number of para-hydroxylation sites is 1. The number of halogens is 1. The number of anilines is 1. The van der Waals surface area contributed by atoms with Crippen LogP contribution in [-0.4, -0.2) is 27.2 Å². The van der Waals surface area contributed by atoms with Gasteiger partial charge in [0.2, 0.25) is 0 Å². The average Bonchev–Trinajstić information content (AvgIpc) is 2.75. The first-order chi connectivity index (χ1) is 8.22. The molecule has 0 radical (unpaired) electrons. The van der Waals surface area contributed by atoms with E-state index in [0.29, 0.717) is 5.02 Å². The Kier molecular flexibility index (Phi) is 3.92. The Hall–Kier alpha value is -1.19. The van der Waals surface area contributed by atoms with Crippen molar-refractivity contribution in [2.75, 3.05) is 32.1 Å². The summed E-state index contributed by atoms with van der Waals surface area (Å²) >= 11 is 6.08. The fourth-order valence-electron chi connectivity index (χ4n) is 1.81. The molecule has 92 valence electrons. The van der Waals surface area contributed by atoms with Gasteiger partial charge >= 0.3 is 0 Å². The Bertz CT molecular complexity index is 495. The van der Waals surface area contributed by atoms with E-state index in [9.17, 15) is 0 Å². The van der Waals surface area contributed by atoms with Gasteiger partial charge in [-0.2, -0.15) is 0 Å². The van der Waals surface area contributed by atoms with E-state index in [4.69, 9.17) is 16.0 Å². The van der Waals surface area contributed by atoms with Crippen molar-refractivity contribution in [3.8, 4) is 0 Å². The Labute approximate surface area is 106 Å². The number of nitrogens with one attached hydrogen (secondary N) is 1. The van der Waals surface area contributed by atoms with Crippen molar-refractivity contribution in [1.82, 2.24) is 5.32 Å². The van der Waals surface area contributed by atoms with Crippen molar-refractivity contribution < 1.29 is 4.42 Å². The number of furan rings is 1. The first-order valence-corrected chi connectivity index (χ1v) is 6.14. The fourth-order valence-corrected chi connectivity index (χ4v) is 2.03. The highest BCUT2D eigenvalue weighted by Crippen LogP contribution is 2.30. The van der Waals surface area contributed by atoms with Crippen molar-refractivity contribution >= 4 is 28.5 Å². The number of nitrogens with zero attached hydrogens (tertiary/aromatic N) is 1. The van der Waals surface area contributed by atoms with Gasteiger partial charge in [0.15, 0.2) is 11.5 Å². The highest BCUT2D eigenvalue weighted by molar-refractivity contribution is 6.34. The molecule has 3 nitrogen and oxygen atoms in total. The topological polar surface area (TPSA) is 28.4 Å². The van der Waals surface area contributed by atoms with E-state index >= 15 is 0 Å². The predicted molar refractivity (Wildman–Crippen MR) is 73.0 cm³/mol. The Morgan fingerprint density at radius 1 is 1.41 bits per heavy atom. The predicted octanol–water partition coefficient (Wildman–Crippen LogP) is 3.13. The zero-order chi connectivity index (χ0) is 12.3. The quantitative estimate of drug-likeness (QED) is 0.829. The van der Waals surface area contributed by atoms with E-state index in [1.165, 1.54) is 0 Å². The van der Waals surface area contributed by atoms with Crippen LogP contribution in [0.1, 0.15) is 6.42 Å². The second-order valence-corrected chi connectivity index (χ2v) is 4.53. The molecule has 0 aliphatic carbocycles. The normalized spacial score (nSPS) is 11.0. The van der Waals surface area contributed by atoms with Crippen molar-refractivity contribution in [3.05, 3.63) is 29.3 Å². The van der Waals surface area contributed by atoms with E-state index in [1.54, 1.807) is 0 Å². The average molecular weight is 253 g/mol. The molecule has 0 amide bonds. The zero-order valence-corrected chi connectivity index (χ0v) is 10.9. The molecule has 0 aliphatic rings. The Morgan fingerprint density at radius 2 is 2.24 bits per heavy atom. The number of fused-ring (bicyclic) bond motifs is 1. The molecule has 1 aromatic carbocycles. The summed E-state index contributed by atoms with van der Waals surface area (Å²) in [5, 5.41) is 4.85. The largest absolute Gasteiger partial charge is 0.439 e. The van der Waals surface area contributed by atoms with Crippen molar-refractivity contribution in [2.45, 2.75) is 6.42 Å². The summed E-state index contributed by atoms with van der Waals surface area (Å²) in [6.07, 6.45) is 1.08. The molecule has 1 aromatic heterocycles. The lowest BCUT2D eigenvalue weighted by atomic mass is 10.2. The van der Waals surface area contributed by atoms with Gasteiger partial charge in [-0.1, -0.05) is 23.7 Å². The first kappa shape index (κ1) is 12.3. The van der Waals surface area contributed by atoms with Gasteiger partial charge in [0, 0.05) is 25.0 Å². The monoisotopic (exact) mass is 252 g/mol. The van der Waals surface area contributed by atoms with Gasteiger partial charge < -0.3 is 14.6 Å². The molecule has 0 unspecified atom stereocenters. The zero-order valence-electron chi connectivity index (χ0n) is 10.2. The number of rotatable bonds is 5. The van der Waals surface area contributed by atoms with Gasteiger partial charge in [-0.25, -0.2) is 0 Å². The molecule has 0 saturated heterocycles. The molecule has 1 heterocycles. The van der Waals surface area contributed by atoms with Crippen LogP contribution in [0.15, 0.2) is 28.7 Å². The molecular weight excluding hydrogens is 236 g/mol. The number of benzene rings is 1. The van der Waals surface area contributed by atoms with Crippen LogP contribution in [0.25, 0.3) is 11.0 Å². The maximum absolute atomic E-state index is 6.08. The second kappa shape index (κ2) is 5.43. The molecule has 2 aromatic rings. The van der Waals surface area contributed by atoms with E-state index in [0.717, 1.165) is 36.4 Å². The van der Waals surface area contributed by atoms with Crippen LogP contribution < -0.4 is 10.2 Å². The second-order valence-electron chi connectivity index (χ2n) is 4.12. The third-order valence-electron chi connectivity index (χ3n) is 2.78. The first-order valence-electron chi connectivity index (χ1n) is 5.76. The number of hydrogen-bond acceptors (Lipinski definition) is 3. The Balaban J connectivity index is 2.16. The third-order valence-corrected chi connectivity index (χ3v) is 3.08. The van der Waals surface area contributed by atoms with Gasteiger partial charge in [-0.3, -0.25) is 0 Å². The maximum Gasteiger partial charge on any atom is 0.196 e. The van der Waals surface area contributed by atoms with Crippen molar-refractivity contribution in [3.63, 3.8) is 0 Å². The fraction of sp³-hybridized carbons (Fsp3) is 0.385. The number of hydrogen-bond donors (Lipinski definition) is 1. The van der Waals surface area contributed by atoms with E-state index in [1.807, 2.05) is 38.4 Å². The van der Waals surface area contributed by atoms with E-state index in [-0.39, 0.29) is 0 Å². The summed E-state index contributed by atoms with van der Waals surface area (Å²) in [5.74, 6) is 0.865. The molecule has 17 heavy (non-hydrogen) atoms. The van der Waals surface area contributed by atoms with E-state index < -0.39 is 0 Å². The lowest BCUT2D eigenvalue weighted by Crippen LogP contribution is -2.21. The molecule has 0 fully saturated rings. The summed E-state index contributed by atoms with van der Waals surface area (Å²) in [7, 11) is 3.99. The molecule has 1 N–H and O–H groups in total. The van der Waals surface area contributed by atoms with Gasteiger partial charge in [-0.05, 0) is 26.1 Å². The summed E-state index contributed by atoms with van der Waals surface area (Å²) < 4.78 is 5.76. The highest BCUT2D eigenvalue weighted by Gasteiger charge is 2.09. The summed E-state index contributed by atoms with van der Waals surface area (Å²) in [6, 6.07) is 7.82. The highest BCUT2D eigenvalue weighted by atomic mass is 35.5. The standard InChI is InChI=1S/C13H17ClN2O/c1-15-7-4-8-16(2)12-9-10-5-3-6-11(14)13(10)17-12/h3,5-6,9,15H,4,7-8H2,1-2H3. The summed E-state index contributed by atoms with van der Waals surface area (Å²) in [4.78, 5) is 2.10. The molecule has 0 spiro atoms. The van der Waals surface area contributed by atoms with E-state index in [2.05, 4.69) is 10.2 Å². The third kappa shape index (κ3) is 2.73. The van der Waals surface area contributed by atoms with Crippen LogP contribution in [0.4, 0.5) is 5.88 Å². The van der Waals surface area contributed by atoms with Gasteiger partial charge in [0.1, 0.15) is 0 Å². The lowest BCUT2D eigenvalue weighted by molar-refractivity contribution is 0.587. The molecular formula is C13H17ClN2O. The molecule has 2 rings (SSSR count). The van der Waals surface area contributed by atoms with Gasteiger partial charge in [0.05, 0.1) is 5.02 Å². The van der Waals surface area contributed by atoms with Crippen molar-refractivity contribution in [2.24, 2.45) is 0 Å². The molecule has 4 heteroatoms. The summed E-state index contributed by atoms with van der Waals surface area (Å²) in [5.41, 5.74) is 0.768. The van der Waals surface area contributed by atoms with Crippen LogP contribution in [-0.2, 0) is 0 Å². The summed E-state index contributed by atoms with van der Waals surface area (Å²) in [6.45, 7) is 1.96. The maximum atomic E-state index is 6.08. The minimum atomic E-state index is 0.664. The van der Waals surface area contributed by atoms with Gasteiger partial charge in [0.25, 0.3) is 0 Å². The molecule has 0 aliphatic heterocycles. The minimum absolute atomic E-state index is 0.664. The smallest absolute Gasteiger partial charge is 0.196 e. The van der Waals surface area contributed by atoms with Crippen molar-refractivity contribution in [1.29, 1.82) is 0 Å². The Morgan fingerprint density at radius 3 is 2.94 bits per heavy atom. The van der Waals surface area contributed by atoms with Crippen LogP contribution in [0.5, 0.6) is 0 Å². The SMILES string of the molecule is CNCCCN(C)c1cc2cccc(Cl)c2o1.